The van der Waals surface area contributed by atoms with E-state index in [1.165, 1.54) is 10.7 Å². The van der Waals surface area contributed by atoms with Gasteiger partial charge in [0.05, 0.1) is 16.3 Å². The van der Waals surface area contributed by atoms with Gasteiger partial charge in [-0.25, -0.2) is 4.68 Å². The Morgan fingerprint density at radius 3 is 2.55 bits per heavy atom. The molecule has 164 valence electrons. The van der Waals surface area contributed by atoms with E-state index in [4.69, 9.17) is 23.2 Å². The van der Waals surface area contributed by atoms with Gasteiger partial charge in [-0.1, -0.05) is 29.3 Å². The highest BCUT2D eigenvalue weighted by molar-refractivity contribution is 9.10. The molecule has 0 atom stereocenters. The largest absolute Gasteiger partial charge is 0.365 e. The predicted octanol–water partition coefficient (Wildman–Crippen LogP) is 4.91. The molecular formula is C21H22BrCl2N5O2. The second-order valence-electron chi connectivity index (χ2n) is 8.05. The van der Waals surface area contributed by atoms with Crippen LogP contribution in [0.2, 0.25) is 5.02 Å². The maximum Gasteiger partial charge on any atom is 0.274 e. The fourth-order valence-electron chi connectivity index (χ4n) is 3.02. The van der Waals surface area contributed by atoms with Crippen LogP contribution in [0.3, 0.4) is 0 Å². The minimum atomic E-state index is -0.457. The average molecular weight is 527 g/mol. The van der Waals surface area contributed by atoms with Gasteiger partial charge in [-0.05, 0) is 67.4 Å². The molecule has 3 N–H and O–H groups in total. The summed E-state index contributed by atoms with van der Waals surface area (Å²) in [4.78, 5) is 26.1. The van der Waals surface area contributed by atoms with Crippen molar-refractivity contribution in [3.63, 3.8) is 0 Å². The van der Waals surface area contributed by atoms with E-state index in [1.54, 1.807) is 25.1 Å². The summed E-state index contributed by atoms with van der Waals surface area (Å²) in [6.45, 7) is 7.95. The van der Waals surface area contributed by atoms with Gasteiger partial charge in [-0.15, -0.1) is 0 Å². The molecule has 0 saturated heterocycles. The summed E-state index contributed by atoms with van der Waals surface area (Å²) in [5.41, 5.74) is 1.08. The summed E-state index contributed by atoms with van der Waals surface area (Å²) >= 11 is 15.8. The maximum absolute atomic E-state index is 13.2. The van der Waals surface area contributed by atoms with E-state index in [0.29, 0.717) is 38.3 Å². The maximum atomic E-state index is 13.2. The topological polar surface area (TPSA) is 88.1 Å². The van der Waals surface area contributed by atoms with Crippen LogP contribution in [-0.4, -0.2) is 33.7 Å². The molecule has 0 fully saturated rings. The number of benzene rings is 1. The van der Waals surface area contributed by atoms with Crippen LogP contribution in [0, 0.1) is 6.92 Å². The molecule has 1 aromatic heterocycles. The number of amides is 2. The molecule has 31 heavy (non-hydrogen) atoms. The second-order valence-corrected chi connectivity index (χ2v) is 9.70. The highest BCUT2D eigenvalue weighted by Crippen LogP contribution is 2.28. The van der Waals surface area contributed by atoms with E-state index in [1.807, 2.05) is 26.8 Å². The average Bonchev–Trinajstić information content (AvgIpc) is 3.04. The molecule has 1 aliphatic rings. The van der Waals surface area contributed by atoms with Gasteiger partial charge in [0, 0.05) is 23.2 Å². The lowest BCUT2D eigenvalue weighted by Crippen LogP contribution is -2.41. The number of carbonyl (C=O) groups is 2. The van der Waals surface area contributed by atoms with Crippen LogP contribution in [0.5, 0.6) is 0 Å². The van der Waals surface area contributed by atoms with Crippen molar-refractivity contribution in [2.75, 3.05) is 11.9 Å². The van der Waals surface area contributed by atoms with Gasteiger partial charge in [0.2, 0.25) is 0 Å². The second kappa shape index (κ2) is 9.06. The monoisotopic (exact) mass is 525 g/mol. The number of aromatic nitrogens is 2. The fraction of sp³-hybridized carbons (Fsp3) is 0.286. The molecular weight excluding hydrogens is 505 g/mol. The first-order valence-electron chi connectivity index (χ1n) is 9.46. The number of hydrogen-bond acceptors (Lipinski definition) is 4. The predicted molar refractivity (Wildman–Crippen MR) is 128 cm³/mol. The summed E-state index contributed by atoms with van der Waals surface area (Å²) in [7, 11) is 0. The Bertz CT molecular complexity index is 1120. The molecule has 2 heterocycles. The van der Waals surface area contributed by atoms with E-state index in [0.717, 1.165) is 0 Å². The zero-order chi connectivity index (χ0) is 22.9. The lowest BCUT2D eigenvalue weighted by Gasteiger charge is -2.22. The molecule has 0 bridgehead atoms. The molecule has 1 aromatic carbocycles. The third kappa shape index (κ3) is 5.50. The molecule has 7 nitrogen and oxygen atoms in total. The van der Waals surface area contributed by atoms with Gasteiger partial charge in [-0.2, -0.15) is 5.10 Å². The van der Waals surface area contributed by atoms with Gasteiger partial charge in [0.15, 0.2) is 0 Å². The standard InChI is InChI=1S/C21H22BrCl2N5O2/c1-11-8-12(23)9-13(19(30)27-21(2,3)4)17(11)26-20(31)15-10-16(22)28-29(15)18-14(24)6-5-7-25-18/h5-6,8-10,25H,7H2,1-4H3,(H,26,31)(H,27,30). The van der Waals surface area contributed by atoms with Crippen molar-refractivity contribution in [1.29, 1.82) is 0 Å². The first-order chi connectivity index (χ1) is 14.5. The highest BCUT2D eigenvalue weighted by atomic mass is 79.9. The number of allylic oxidation sites excluding steroid dienone is 2. The first-order valence-corrected chi connectivity index (χ1v) is 11.0. The van der Waals surface area contributed by atoms with Crippen LogP contribution >= 0.6 is 39.1 Å². The summed E-state index contributed by atoms with van der Waals surface area (Å²) in [5, 5.41) is 14.0. The molecule has 10 heteroatoms. The fourth-order valence-corrected chi connectivity index (χ4v) is 3.90. The molecule has 0 radical (unpaired) electrons. The van der Waals surface area contributed by atoms with Crippen LogP contribution in [0.25, 0.3) is 5.82 Å². The van der Waals surface area contributed by atoms with Crippen molar-refractivity contribution >= 4 is 62.5 Å². The Kier molecular flexibility index (Phi) is 6.83. The van der Waals surface area contributed by atoms with Crippen LogP contribution in [0.15, 0.2) is 40.0 Å². The van der Waals surface area contributed by atoms with Crippen molar-refractivity contribution in [2.24, 2.45) is 0 Å². The first kappa shape index (κ1) is 23.4. The molecule has 2 aromatic rings. The third-order valence-electron chi connectivity index (χ3n) is 4.27. The number of rotatable bonds is 4. The Hall–Kier alpha value is -2.29. The van der Waals surface area contributed by atoms with Gasteiger partial charge in [0.25, 0.3) is 11.8 Å². The molecule has 2 amide bonds. The molecule has 3 rings (SSSR count). The number of hydrogen-bond donors (Lipinski definition) is 3. The minimum Gasteiger partial charge on any atom is -0.365 e. The number of anilines is 1. The number of halogens is 3. The van der Waals surface area contributed by atoms with Gasteiger partial charge in [-0.3, -0.25) is 9.59 Å². The molecule has 0 spiro atoms. The highest BCUT2D eigenvalue weighted by Gasteiger charge is 2.24. The summed E-state index contributed by atoms with van der Waals surface area (Å²) < 4.78 is 1.88. The quantitative estimate of drug-likeness (QED) is 0.528. The summed E-state index contributed by atoms with van der Waals surface area (Å²) in [6.07, 6.45) is 3.60. The van der Waals surface area contributed by atoms with Gasteiger partial charge >= 0.3 is 0 Å². The van der Waals surface area contributed by atoms with E-state index in [9.17, 15) is 9.59 Å². The van der Waals surface area contributed by atoms with E-state index in [2.05, 4.69) is 37.0 Å². The molecule has 0 saturated carbocycles. The summed E-state index contributed by atoms with van der Waals surface area (Å²) in [5.74, 6) is -0.312. The zero-order valence-electron chi connectivity index (χ0n) is 17.4. The van der Waals surface area contributed by atoms with E-state index >= 15 is 0 Å². The van der Waals surface area contributed by atoms with Crippen molar-refractivity contribution in [3.05, 3.63) is 61.8 Å². The Labute approximate surface area is 199 Å². The smallest absolute Gasteiger partial charge is 0.274 e. The number of aryl methyl sites for hydroxylation is 1. The Morgan fingerprint density at radius 1 is 1.19 bits per heavy atom. The van der Waals surface area contributed by atoms with Crippen LogP contribution < -0.4 is 16.0 Å². The van der Waals surface area contributed by atoms with E-state index < -0.39 is 11.4 Å². The zero-order valence-corrected chi connectivity index (χ0v) is 20.5. The van der Waals surface area contributed by atoms with Crippen LogP contribution in [-0.2, 0) is 0 Å². The lowest BCUT2D eigenvalue weighted by molar-refractivity contribution is 0.0920. The molecule has 0 unspecified atom stereocenters. The van der Waals surface area contributed by atoms with Crippen LogP contribution in [0.1, 0.15) is 47.2 Å². The number of nitrogens with one attached hydrogen (secondary N) is 3. The Morgan fingerprint density at radius 2 is 1.90 bits per heavy atom. The van der Waals surface area contributed by atoms with Gasteiger partial charge in [0.1, 0.15) is 16.1 Å². The Balaban J connectivity index is 2.00. The van der Waals surface area contributed by atoms with Crippen molar-refractivity contribution in [3.8, 4) is 0 Å². The van der Waals surface area contributed by atoms with E-state index in [-0.39, 0.29) is 17.2 Å². The van der Waals surface area contributed by atoms with Gasteiger partial charge < -0.3 is 16.0 Å². The molecule has 0 aliphatic carbocycles. The number of nitrogens with zero attached hydrogens (tertiary/aromatic N) is 2. The van der Waals surface area contributed by atoms with Crippen LogP contribution in [0.4, 0.5) is 5.69 Å². The van der Waals surface area contributed by atoms with Crippen molar-refractivity contribution in [2.45, 2.75) is 33.2 Å². The lowest BCUT2D eigenvalue weighted by atomic mass is 10.0. The summed E-state index contributed by atoms with van der Waals surface area (Å²) in [6, 6.07) is 4.79. The minimum absolute atomic E-state index is 0.236. The normalized spacial score (nSPS) is 13.8. The third-order valence-corrected chi connectivity index (χ3v) is 5.18. The van der Waals surface area contributed by atoms with Crippen molar-refractivity contribution in [1.82, 2.24) is 20.4 Å². The number of carbonyl (C=O) groups excluding carboxylic acids is 2. The molecule has 1 aliphatic heterocycles. The SMILES string of the molecule is Cc1cc(Cl)cc(C(=O)NC(C)(C)C)c1NC(=O)c1cc(Br)nn1C1=C(Cl)C=CCN1. The van der Waals surface area contributed by atoms with Crippen molar-refractivity contribution < 1.29 is 9.59 Å². The number of dihydropyridines is 1.